The van der Waals surface area contributed by atoms with Gasteiger partial charge in [0.1, 0.15) is 5.92 Å². The zero-order chi connectivity index (χ0) is 8.43. The molecule has 0 aromatic heterocycles. The van der Waals surface area contributed by atoms with Gasteiger partial charge in [-0.3, -0.25) is 9.59 Å². The fourth-order valence-electron chi connectivity index (χ4n) is 1.15. The minimum atomic E-state index is -1.18. The van der Waals surface area contributed by atoms with Crippen LogP contribution in [0.4, 0.5) is 0 Å². The lowest BCUT2D eigenvalue weighted by atomic mass is 9.59. The van der Waals surface area contributed by atoms with Gasteiger partial charge in [-0.2, -0.15) is 0 Å². The number of ketones is 1. The van der Waals surface area contributed by atoms with Crippen LogP contribution in [0.15, 0.2) is 0 Å². The van der Waals surface area contributed by atoms with Crippen molar-refractivity contribution in [1.29, 1.82) is 0 Å². The molecule has 1 fully saturated rings. The Labute approximate surface area is 63.8 Å². The molecule has 1 aliphatic heterocycles. The summed E-state index contributed by atoms with van der Waals surface area (Å²) in [4.78, 5) is 31.9. The summed E-state index contributed by atoms with van der Waals surface area (Å²) in [6, 6.07) is 0. The van der Waals surface area contributed by atoms with Crippen LogP contribution in [0.2, 0.25) is 6.32 Å². The summed E-state index contributed by atoms with van der Waals surface area (Å²) < 4.78 is 0. The summed E-state index contributed by atoms with van der Waals surface area (Å²) in [5.74, 6) is -2.98. The Balaban J connectivity index is 2.74. The maximum atomic E-state index is 10.8. The first-order chi connectivity index (χ1) is 5.13. The molecule has 1 rings (SSSR count). The van der Waals surface area contributed by atoms with E-state index in [0.717, 1.165) is 0 Å². The third kappa shape index (κ3) is 1.47. The molecule has 5 heteroatoms. The van der Waals surface area contributed by atoms with Crippen LogP contribution in [0.5, 0.6) is 0 Å². The van der Waals surface area contributed by atoms with Crippen LogP contribution in [0, 0.1) is 5.92 Å². The quantitative estimate of drug-likeness (QED) is 0.300. The number of hydrogen-bond donors (Lipinski definition) is 1. The number of carbonyl (C=O) groups excluding carboxylic acids is 2. The lowest BCUT2D eigenvalue weighted by Crippen LogP contribution is -2.37. The van der Waals surface area contributed by atoms with Gasteiger partial charge in [-0.25, -0.2) is 0 Å². The lowest BCUT2D eigenvalue weighted by molar-refractivity contribution is -0.149. The van der Waals surface area contributed by atoms with Crippen LogP contribution in [0.3, 0.4) is 0 Å². The number of rotatable bonds is 1. The summed E-state index contributed by atoms with van der Waals surface area (Å²) in [5.41, 5.74) is -0.538. The van der Waals surface area contributed by atoms with Gasteiger partial charge in [-0.15, -0.1) is 0 Å². The topological polar surface area (TPSA) is 71.4 Å². The van der Waals surface area contributed by atoms with E-state index in [1.807, 2.05) is 0 Å². The number of carbonyl (C=O) groups is 3. The predicted octanol–water partition coefficient (Wildman–Crippen LogP) is -0.959. The molecular formula is C6H7BO4. The highest BCUT2D eigenvalue weighted by Gasteiger charge is 2.34. The molecule has 11 heavy (non-hydrogen) atoms. The molecule has 0 aromatic rings. The maximum absolute atomic E-state index is 10.8. The van der Waals surface area contributed by atoms with E-state index in [9.17, 15) is 14.4 Å². The van der Waals surface area contributed by atoms with Gasteiger partial charge >= 0.3 is 5.97 Å². The predicted molar refractivity (Wildman–Crippen MR) is 37.7 cm³/mol. The smallest absolute Gasteiger partial charge is 0.314 e. The van der Waals surface area contributed by atoms with Gasteiger partial charge in [-0.05, 0) is 6.42 Å². The summed E-state index contributed by atoms with van der Waals surface area (Å²) in [6.07, 6.45) is 0.821. The second-order valence-corrected chi connectivity index (χ2v) is 2.57. The van der Waals surface area contributed by atoms with Gasteiger partial charge in [0.2, 0.25) is 13.1 Å². The minimum Gasteiger partial charge on any atom is -0.481 e. The molecule has 0 aliphatic carbocycles. The van der Waals surface area contributed by atoms with Crippen LogP contribution in [-0.4, -0.2) is 29.8 Å². The molecule has 1 atom stereocenters. The number of carboxylic acids is 1. The minimum absolute atomic E-state index is 0.211. The van der Waals surface area contributed by atoms with E-state index in [1.54, 1.807) is 0 Å². The lowest BCUT2D eigenvalue weighted by Gasteiger charge is -2.13. The molecule has 0 aromatic carbocycles. The molecule has 1 N–H and O–H groups in total. The summed E-state index contributed by atoms with van der Waals surface area (Å²) in [6.45, 7) is 0. The fourth-order valence-corrected chi connectivity index (χ4v) is 1.15. The second-order valence-electron chi connectivity index (χ2n) is 2.57. The number of aliphatic carboxylic acids is 1. The van der Waals surface area contributed by atoms with Crippen molar-refractivity contribution in [3.8, 4) is 0 Å². The second kappa shape index (κ2) is 2.86. The average Bonchev–Trinajstić information content (AvgIpc) is 1.94. The average molecular weight is 154 g/mol. The Hall–Kier alpha value is -1.13. The van der Waals surface area contributed by atoms with Crippen molar-refractivity contribution >= 4 is 24.7 Å². The van der Waals surface area contributed by atoms with Crippen LogP contribution in [0.1, 0.15) is 6.42 Å². The van der Waals surface area contributed by atoms with E-state index in [1.165, 1.54) is 0 Å². The summed E-state index contributed by atoms with van der Waals surface area (Å²) in [7, 11) is 0.211. The van der Waals surface area contributed by atoms with Crippen LogP contribution < -0.4 is 0 Å². The van der Waals surface area contributed by atoms with Gasteiger partial charge in [0, 0.05) is 0 Å². The Morgan fingerprint density at radius 3 is 2.64 bits per heavy atom. The van der Waals surface area contributed by atoms with E-state index >= 15 is 0 Å². The van der Waals surface area contributed by atoms with Crippen molar-refractivity contribution in [2.45, 2.75) is 12.7 Å². The molecule has 58 valence electrons. The van der Waals surface area contributed by atoms with E-state index < -0.39 is 23.4 Å². The Kier molecular flexibility index (Phi) is 2.07. The van der Waals surface area contributed by atoms with Crippen LogP contribution in [0.25, 0.3) is 0 Å². The molecule has 1 aliphatic rings. The third-order valence-corrected chi connectivity index (χ3v) is 1.79. The molecule has 0 amide bonds. The fraction of sp³-hybridized carbons (Fsp3) is 0.500. The van der Waals surface area contributed by atoms with E-state index in [-0.39, 0.29) is 7.28 Å². The first-order valence-corrected chi connectivity index (χ1v) is 3.43. The van der Waals surface area contributed by atoms with Crippen molar-refractivity contribution in [2.24, 2.45) is 5.92 Å². The highest BCUT2D eigenvalue weighted by molar-refractivity contribution is 6.89. The SMILES string of the molecule is O=C1BCCC(C(=O)O)C1=O. The molecule has 1 unspecified atom stereocenters. The molecule has 1 saturated heterocycles. The normalized spacial score (nSPS) is 24.5. The Bertz CT molecular complexity index is 223. The molecule has 0 saturated carbocycles. The number of Topliss-reactive ketones (excluding diaryl/α,β-unsaturated/α-hetero) is 1. The molecule has 0 spiro atoms. The zero-order valence-corrected chi connectivity index (χ0v) is 5.87. The van der Waals surface area contributed by atoms with Crippen LogP contribution in [-0.2, 0) is 14.4 Å². The standard InChI is InChI=1S/C6H7BO4/c8-4-3(6(10)11)1-2-7-5(4)9/h3,7H,1-2H2,(H,10,11). The summed E-state index contributed by atoms with van der Waals surface area (Å²) >= 11 is 0. The number of carboxylic acid groups (broad SMARTS) is 1. The molecule has 0 bridgehead atoms. The largest absolute Gasteiger partial charge is 0.481 e. The van der Waals surface area contributed by atoms with Gasteiger partial charge in [0.25, 0.3) is 0 Å². The van der Waals surface area contributed by atoms with Crippen molar-refractivity contribution < 1.29 is 19.5 Å². The first-order valence-electron chi connectivity index (χ1n) is 3.43. The molecule has 4 nitrogen and oxygen atoms in total. The van der Waals surface area contributed by atoms with Gasteiger partial charge < -0.3 is 9.90 Å². The highest BCUT2D eigenvalue weighted by atomic mass is 16.4. The van der Waals surface area contributed by atoms with Crippen molar-refractivity contribution in [1.82, 2.24) is 0 Å². The van der Waals surface area contributed by atoms with Gasteiger partial charge in [-0.1, -0.05) is 6.32 Å². The van der Waals surface area contributed by atoms with E-state index in [4.69, 9.17) is 5.11 Å². The van der Waals surface area contributed by atoms with Crippen molar-refractivity contribution in [3.05, 3.63) is 0 Å². The van der Waals surface area contributed by atoms with Crippen molar-refractivity contribution in [3.63, 3.8) is 0 Å². The first kappa shape index (κ1) is 7.98. The van der Waals surface area contributed by atoms with E-state index in [2.05, 4.69) is 0 Å². The summed E-state index contributed by atoms with van der Waals surface area (Å²) in [5, 5.41) is 8.45. The Morgan fingerprint density at radius 2 is 2.18 bits per heavy atom. The highest BCUT2D eigenvalue weighted by Crippen LogP contribution is 2.14. The Morgan fingerprint density at radius 1 is 1.55 bits per heavy atom. The van der Waals surface area contributed by atoms with Gasteiger partial charge in [0.15, 0.2) is 5.68 Å². The molecular weight excluding hydrogens is 147 g/mol. The third-order valence-electron chi connectivity index (χ3n) is 1.79. The number of hydrogen-bond acceptors (Lipinski definition) is 3. The monoisotopic (exact) mass is 154 g/mol. The van der Waals surface area contributed by atoms with Crippen LogP contribution >= 0.6 is 0 Å². The van der Waals surface area contributed by atoms with E-state index in [0.29, 0.717) is 12.7 Å². The maximum Gasteiger partial charge on any atom is 0.314 e. The zero-order valence-electron chi connectivity index (χ0n) is 5.87. The molecule has 0 radical (unpaired) electrons. The van der Waals surface area contributed by atoms with Crippen molar-refractivity contribution in [2.75, 3.05) is 0 Å². The molecule has 1 heterocycles. The van der Waals surface area contributed by atoms with Gasteiger partial charge in [0.05, 0.1) is 0 Å².